The van der Waals surface area contributed by atoms with Crippen molar-refractivity contribution in [3.63, 3.8) is 0 Å². The lowest BCUT2D eigenvalue weighted by molar-refractivity contribution is 0.249. The first kappa shape index (κ1) is 41.0. The highest BCUT2D eigenvalue weighted by molar-refractivity contribution is 4.71. The molecule has 0 rings (SSSR count). The van der Waals surface area contributed by atoms with Crippen LogP contribution in [-0.2, 0) is 0 Å². The summed E-state index contributed by atoms with van der Waals surface area (Å²) < 4.78 is 0. The monoisotopic (exact) mass is 578 g/mol. The maximum Gasteiger partial charge on any atom is -0.00187 e. The molecule has 0 saturated carbocycles. The van der Waals surface area contributed by atoms with Crippen LogP contribution < -0.4 is 0 Å². The molecule has 0 aliphatic heterocycles. The van der Waals surface area contributed by atoms with E-state index in [4.69, 9.17) is 0 Å². The van der Waals surface area contributed by atoms with Crippen molar-refractivity contribution in [2.45, 2.75) is 221 Å². The van der Waals surface area contributed by atoms with Gasteiger partial charge >= 0.3 is 0 Å². The van der Waals surface area contributed by atoms with E-state index in [1.165, 1.54) is 199 Å². The summed E-state index contributed by atoms with van der Waals surface area (Å²) in [6, 6.07) is 0. The van der Waals surface area contributed by atoms with Gasteiger partial charge in [-0.15, -0.1) is 0 Å². The zero-order valence-electron chi connectivity index (χ0n) is 30.1. The third-order valence-corrected chi connectivity index (χ3v) is 10.2. The number of hydrogen-bond acceptors (Lipinski definition) is 1. The Labute approximate surface area is 263 Å². The van der Waals surface area contributed by atoms with Crippen molar-refractivity contribution in [2.75, 3.05) is 19.6 Å². The van der Waals surface area contributed by atoms with Gasteiger partial charge in [-0.1, -0.05) is 189 Å². The lowest BCUT2D eigenvalue weighted by atomic mass is 9.79. The fraction of sp³-hybridized carbons (Fsp3) is 1.00. The number of unbranched alkanes of at least 4 members (excludes halogenated alkanes) is 16. The Balaban J connectivity index is 4.46. The van der Waals surface area contributed by atoms with E-state index >= 15 is 0 Å². The molecule has 0 saturated heterocycles. The molecule has 0 aliphatic rings. The summed E-state index contributed by atoms with van der Waals surface area (Å²) in [5.41, 5.74) is 0. The van der Waals surface area contributed by atoms with Crippen molar-refractivity contribution < 1.29 is 0 Å². The molecule has 0 amide bonds. The zero-order valence-corrected chi connectivity index (χ0v) is 30.1. The molecule has 0 spiro atoms. The third kappa shape index (κ3) is 27.3. The van der Waals surface area contributed by atoms with Gasteiger partial charge in [-0.05, 0) is 69.5 Å². The molecule has 0 radical (unpaired) electrons. The number of nitrogens with zero attached hydrogens (tertiary/aromatic N) is 1. The predicted molar refractivity (Wildman–Crippen MR) is 190 cm³/mol. The van der Waals surface area contributed by atoms with Gasteiger partial charge in [-0.2, -0.15) is 0 Å². The van der Waals surface area contributed by atoms with Gasteiger partial charge in [-0.3, -0.25) is 0 Å². The van der Waals surface area contributed by atoms with Crippen LogP contribution in [-0.4, -0.2) is 24.5 Å². The quantitative estimate of drug-likeness (QED) is 0.0687. The van der Waals surface area contributed by atoms with Crippen LogP contribution in [0.4, 0.5) is 0 Å². The average Bonchev–Trinajstić information content (AvgIpc) is 2.99. The van der Waals surface area contributed by atoms with Crippen LogP contribution in [0.25, 0.3) is 0 Å². The molecule has 0 aromatic carbocycles. The number of rotatable bonds is 34. The van der Waals surface area contributed by atoms with Gasteiger partial charge in [0, 0.05) is 0 Å². The van der Waals surface area contributed by atoms with Crippen LogP contribution >= 0.6 is 0 Å². The molecule has 0 N–H and O–H groups in total. The normalized spacial score (nSPS) is 14.1. The summed E-state index contributed by atoms with van der Waals surface area (Å²) in [6.45, 7) is 18.4. The molecular formula is C40H83N. The Morgan fingerprint density at radius 3 is 1.00 bits per heavy atom. The number of hydrogen-bond donors (Lipinski definition) is 0. The largest absolute Gasteiger partial charge is 0.303 e. The van der Waals surface area contributed by atoms with Crippen LogP contribution in [0.1, 0.15) is 221 Å². The minimum absolute atomic E-state index is 0.980. The summed E-state index contributed by atoms with van der Waals surface area (Å²) in [5.74, 6) is 2.95. The van der Waals surface area contributed by atoms with Crippen molar-refractivity contribution >= 4 is 0 Å². The van der Waals surface area contributed by atoms with E-state index in [0.717, 1.165) is 17.8 Å². The Morgan fingerprint density at radius 2 is 0.634 bits per heavy atom. The van der Waals surface area contributed by atoms with Gasteiger partial charge in [0.05, 0.1) is 0 Å². The van der Waals surface area contributed by atoms with E-state index in [1.807, 2.05) is 0 Å². The van der Waals surface area contributed by atoms with Gasteiger partial charge in [0.1, 0.15) is 0 Å². The first-order valence-electron chi connectivity index (χ1n) is 19.9. The topological polar surface area (TPSA) is 3.24 Å². The zero-order chi connectivity index (χ0) is 30.2. The molecular weight excluding hydrogens is 494 g/mol. The lowest BCUT2D eigenvalue weighted by Gasteiger charge is -2.27. The molecule has 1 nitrogen and oxygen atoms in total. The van der Waals surface area contributed by atoms with E-state index < -0.39 is 0 Å². The molecule has 0 heterocycles. The Hall–Kier alpha value is -0.0400. The van der Waals surface area contributed by atoms with Crippen LogP contribution in [0.3, 0.4) is 0 Å². The second-order valence-electron chi connectivity index (χ2n) is 14.1. The summed E-state index contributed by atoms with van der Waals surface area (Å²) in [4.78, 5) is 2.85. The minimum atomic E-state index is 0.980. The fourth-order valence-corrected chi connectivity index (χ4v) is 7.10. The summed E-state index contributed by atoms with van der Waals surface area (Å²) >= 11 is 0. The standard InChI is InChI=1S/C40H83N/c1-7-13-17-19-23-27-33-41(34-28-24-20-18-14-8-2)35-29-25-21-22-26-32-40(36-38(11-5)30-15-9-3)37-39(12-6)31-16-10-4/h38-40H,7-37H2,1-6H3. The Kier molecular flexibility index (Phi) is 32.8. The maximum absolute atomic E-state index is 2.85. The third-order valence-electron chi connectivity index (χ3n) is 10.2. The smallest absolute Gasteiger partial charge is 0.00187 e. The molecule has 248 valence electrons. The molecule has 0 aromatic rings. The van der Waals surface area contributed by atoms with Gasteiger partial charge in [0.15, 0.2) is 0 Å². The van der Waals surface area contributed by atoms with Crippen molar-refractivity contribution in [2.24, 2.45) is 17.8 Å². The van der Waals surface area contributed by atoms with Crippen molar-refractivity contribution in [3.8, 4) is 0 Å². The molecule has 0 aromatic heterocycles. The summed E-state index contributed by atoms with van der Waals surface area (Å²) in [6.07, 6.45) is 40.3. The molecule has 0 bridgehead atoms. The highest BCUT2D eigenvalue weighted by Gasteiger charge is 2.19. The fourth-order valence-electron chi connectivity index (χ4n) is 7.10. The molecule has 1 heteroatoms. The van der Waals surface area contributed by atoms with E-state index in [1.54, 1.807) is 0 Å². The van der Waals surface area contributed by atoms with Crippen molar-refractivity contribution in [1.29, 1.82) is 0 Å². The van der Waals surface area contributed by atoms with E-state index in [9.17, 15) is 0 Å². The molecule has 41 heavy (non-hydrogen) atoms. The van der Waals surface area contributed by atoms with E-state index in [-0.39, 0.29) is 0 Å². The van der Waals surface area contributed by atoms with Crippen LogP contribution in [0.2, 0.25) is 0 Å². The highest BCUT2D eigenvalue weighted by atomic mass is 15.1. The van der Waals surface area contributed by atoms with Crippen molar-refractivity contribution in [1.82, 2.24) is 4.90 Å². The Morgan fingerprint density at radius 1 is 0.317 bits per heavy atom. The van der Waals surface area contributed by atoms with Crippen LogP contribution in [0.15, 0.2) is 0 Å². The SMILES string of the molecule is CCCCCCCCN(CCCCCCCC)CCCCCCCC(CC(CC)CCCC)CC(CC)CCCC. The maximum atomic E-state index is 2.85. The Bertz CT molecular complexity index is 439. The second kappa shape index (κ2) is 32.9. The van der Waals surface area contributed by atoms with Gasteiger partial charge in [0.2, 0.25) is 0 Å². The molecule has 2 atom stereocenters. The lowest BCUT2D eigenvalue weighted by Crippen LogP contribution is -2.27. The highest BCUT2D eigenvalue weighted by Crippen LogP contribution is 2.32. The van der Waals surface area contributed by atoms with E-state index in [0.29, 0.717) is 0 Å². The first-order valence-corrected chi connectivity index (χ1v) is 19.9. The van der Waals surface area contributed by atoms with Gasteiger partial charge in [-0.25, -0.2) is 0 Å². The first-order chi connectivity index (χ1) is 20.1. The van der Waals surface area contributed by atoms with Gasteiger partial charge in [0.25, 0.3) is 0 Å². The van der Waals surface area contributed by atoms with E-state index in [2.05, 4.69) is 46.4 Å². The predicted octanol–water partition coefficient (Wildman–Crippen LogP) is 14.2. The average molecular weight is 578 g/mol. The summed E-state index contributed by atoms with van der Waals surface area (Å²) in [7, 11) is 0. The molecule has 2 unspecified atom stereocenters. The van der Waals surface area contributed by atoms with Crippen molar-refractivity contribution in [3.05, 3.63) is 0 Å². The molecule has 0 fully saturated rings. The minimum Gasteiger partial charge on any atom is -0.303 e. The summed E-state index contributed by atoms with van der Waals surface area (Å²) in [5, 5.41) is 0. The van der Waals surface area contributed by atoms with Crippen LogP contribution in [0, 0.1) is 17.8 Å². The van der Waals surface area contributed by atoms with Crippen LogP contribution in [0.5, 0.6) is 0 Å². The second-order valence-corrected chi connectivity index (χ2v) is 14.1. The van der Waals surface area contributed by atoms with Gasteiger partial charge < -0.3 is 4.90 Å². The molecule has 0 aliphatic carbocycles.